The second-order valence-electron chi connectivity index (χ2n) is 6.39. The van der Waals surface area contributed by atoms with Gasteiger partial charge in [0, 0.05) is 22.7 Å². The number of hydrogen-bond acceptors (Lipinski definition) is 6. The molecular formula is C20H15Cl2N3O6. The third-order valence-electron chi connectivity index (χ3n) is 4.19. The Morgan fingerprint density at radius 1 is 1.19 bits per heavy atom. The number of ether oxygens (including phenoxy) is 1. The molecule has 4 amide bonds. The monoisotopic (exact) mass is 463 g/mol. The molecule has 0 spiro atoms. The number of carbonyl (C=O) groups excluding carboxylic acids is 3. The molecule has 0 aromatic heterocycles. The Hall–Kier alpha value is -3.43. The van der Waals surface area contributed by atoms with E-state index < -0.39 is 28.3 Å². The van der Waals surface area contributed by atoms with E-state index in [1.165, 1.54) is 36.4 Å². The number of nitro groups is 1. The van der Waals surface area contributed by atoms with E-state index in [-0.39, 0.29) is 32.7 Å². The van der Waals surface area contributed by atoms with Crippen molar-refractivity contribution in [2.75, 3.05) is 11.5 Å². The molecule has 0 unspecified atom stereocenters. The van der Waals surface area contributed by atoms with E-state index in [4.69, 9.17) is 27.9 Å². The molecule has 0 radical (unpaired) electrons. The number of barbiturate groups is 1. The Morgan fingerprint density at radius 2 is 1.94 bits per heavy atom. The van der Waals surface area contributed by atoms with Gasteiger partial charge >= 0.3 is 6.03 Å². The van der Waals surface area contributed by atoms with Gasteiger partial charge in [-0.1, -0.05) is 36.2 Å². The van der Waals surface area contributed by atoms with Gasteiger partial charge in [-0.15, -0.1) is 0 Å². The van der Waals surface area contributed by atoms with Crippen molar-refractivity contribution in [3.8, 4) is 5.75 Å². The van der Waals surface area contributed by atoms with Crippen molar-refractivity contribution in [3.05, 3.63) is 67.7 Å². The summed E-state index contributed by atoms with van der Waals surface area (Å²) in [7, 11) is 0. The molecule has 1 N–H and O–H groups in total. The first-order chi connectivity index (χ1) is 14.7. The summed E-state index contributed by atoms with van der Waals surface area (Å²) >= 11 is 12.3. The number of urea groups is 1. The standard InChI is InChI=1S/C20H15Cl2N3O6/c1-2-6-31-17-11(7-12(21)9-16(17)22)8-15-18(26)23-20(28)24(19(15)27)13-4-3-5-14(10-13)25(29)30/h3-5,7-10H,2,6H2,1H3,(H,23,26,28)/b15-8+. The SMILES string of the molecule is CCCOc1c(Cl)cc(Cl)cc1/C=C1\C(=O)NC(=O)N(c2cccc([N+](=O)[O-])c2)C1=O. The lowest BCUT2D eigenvalue weighted by molar-refractivity contribution is -0.384. The largest absolute Gasteiger partial charge is 0.491 e. The van der Waals surface area contributed by atoms with Gasteiger partial charge < -0.3 is 4.74 Å². The topological polar surface area (TPSA) is 119 Å². The molecule has 1 saturated heterocycles. The van der Waals surface area contributed by atoms with Gasteiger partial charge in [0.25, 0.3) is 17.5 Å². The molecule has 9 nitrogen and oxygen atoms in total. The van der Waals surface area contributed by atoms with Crippen LogP contribution in [-0.4, -0.2) is 29.4 Å². The van der Waals surface area contributed by atoms with Crippen LogP contribution >= 0.6 is 23.2 Å². The minimum Gasteiger partial charge on any atom is -0.491 e. The second kappa shape index (κ2) is 9.15. The number of non-ortho nitro benzene ring substituents is 1. The summed E-state index contributed by atoms with van der Waals surface area (Å²) in [5.74, 6) is -1.68. The van der Waals surface area contributed by atoms with Crippen LogP contribution in [0.3, 0.4) is 0 Å². The van der Waals surface area contributed by atoms with Gasteiger partial charge in [0.2, 0.25) is 0 Å². The zero-order valence-electron chi connectivity index (χ0n) is 16.1. The van der Waals surface area contributed by atoms with Crippen molar-refractivity contribution in [1.82, 2.24) is 5.32 Å². The lowest BCUT2D eigenvalue weighted by Crippen LogP contribution is -2.54. The fourth-order valence-electron chi connectivity index (χ4n) is 2.84. The van der Waals surface area contributed by atoms with Crippen LogP contribution < -0.4 is 15.0 Å². The predicted molar refractivity (Wildman–Crippen MR) is 114 cm³/mol. The molecule has 2 aromatic carbocycles. The predicted octanol–water partition coefficient (Wildman–Crippen LogP) is 4.36. The molecular weight excluding hydrogens is 449 g/mol. The van der Waals surface area contributed by atoms with E-state index >= 15 is 0 Å². The summed E-state index contributed by atoms with van der Waals surface area (Å²) in [6.45, 7) is 2.22. The van der Waals surface area contributed by atoms with E-state index in [2.05, 4.69) is 5.32 Å². The zero-order chi connectivity index (χ0) is 22.7. The molecule has 1 fully saturated rings. The fraction of sp³-hybridized carbons (Fsp3) is 0.150. The van der Waals surface area contributed by atoms with Crippen LogP contribution in [0.25, 0.3) is 6.08 Å². The van der Waals surface area contributed by atoms with Crippen LogP contribution in [0.5, 0.6) is 5.75 Å². The first-order valence-corrected chi connectivity index (χ1v) is 9.76. The van der Waals surface area contributed by atoms with Crippen molar-refractivity contribution < 1.29 is 24.0 Å². The van der Waals surface area contributed by atoms with E-state index in [9.17, 15) is 24.5 Å². The molecule has 2 aromatic rings. The summed E-state index contributed by atoms with van der Waals surface area (Å²) in [6.07, 6.45) is 1.89. The maximum absolute atomic E-state index is 13.0. The number of hydrogen-bond donors (Lipinski definition) is 1. The summed E-state index contributed by atoms with van der Waals surface area (Å²) in [4.78, 5) is 48.8. The van der Waals surface area contributed by atoms with Crippen LogP contribution in [0.1, 0.15) is 18.9 Å². The maximum Gasteiger partial charge on any atom is 0.335 e. The van der Waals surface area contributed by atoms with Crippen LogP contribution in [0.2, 0.25) is 10.0 Å². The summed E-state index contributed by atoms with van der Waals surface area (Å²) in [5, 5.41) is 13.5. The average molecular weight is 464 g/mol. The maximum atomic E-state index is 13.0. The average Bonchev–Trinajstić information content (AvgIpc) is 2.70. The van der Waals surface area contributed by atoms with Crippen molar-refractivity contribution in [1.29, 1.82) is 0 Å². The lowest BCUT2D eigenvalue weighted by atomic mass is 10.1. The first-order valence-electron chi connectivity index (χ1n) is 9.00. The van der Waals surface area contributed by atoms with Crippen LogP contribution in [-0.2, 0) is 9.59 Å². The molecule has 3 rings (SSSR count). The molecule has 0 bridgehead atoms. The number of rotatable bonds is 6. The van der Waals surface area contributed by atoms with Gasteiger partial charge in [-0.05, 0) is 30.7 Å². The fourth-order valence-corrected chi connectivity index (χ4v) is 3.40. The van der Waals surface area contributed by atoms with Crippen LogP contribution in [0, 0.1) is 10.1 Å². The summed E-state index contributed by atoms with van der Waals surface area (Å²) in [6, 6.07) is 6.81. The van der Waals surface area contributed by atoms with E-state index in [1.54, 1.807) is 0 Å². The Kier molecular flexibility index (Phi) is 6.57. The molecule has 1 heterocycles. The zero-order valence-corrected chi connectivity index (χ0v) is 17.6. The smallest absolute Gasteiger partial charge is 0.335 e. The number of nitrogens with one attached hydrogen (secondary N) is 1. The Morgan fingerprint density at radius 3 is 2.61 bits per heavy atom. The summed E-state index contributed by atoms with van der Waals surface area (Å²) in [5.41, 5.74) is -0.525. The lowest BCUT2D eigenvalue weighted by Gasteiger charge is -2.26. The number of benzene rings is 2. The van der Waals surface area contributed by atoms with Gasteiger partial charge in [0.05, 0.1) is 22.2 Å². The van der Waals surface area contributed by atoms with Crippen LogP contribution in [0.4, 0.5) is 16.2 Å². The number of nitro benzene ring substituents is 1. The van der Waals surface area contributed by atoms with Crippen molar-refractivity contribution in [3.63, 3.8) is 0 Å². The third-order valence-corrected chi connectivity index (χ3v) is 4.69. The number of anilines is 1. The second-order valence-corrected chi connectivity index (χ2v) is 7.23. The van der Waals surface area contributed by atoms with Gasteiger partial charge in [-0.25, -0.2) is 9.69 Å². The highest BCUT2D eigenvalue weighted by Crippen LogP contribution is 2.35. The number of imide groups is 2. The van der Waals surface area contributed by atoms with Gasteiger partial charge in [0.15, 0.2) is 0 Å². The third kappa shape index (κ3) is 4.68. The van der Waals surface area contributed by atoms with Crippen molar-refractivity contribution in [2.24, 2.45) is 0 Å². The molecule has 0 saturated carbocycles. The molecule has 31 heavy (non-hydrogen) atoms. The number of halogens is 2. The Labute approximate surface area is 186 Å². The summed E-state index contributed by atoms with van der Waals surface area (Å²) < 4.78 is 5.63. The minimum atomic E-state index is -1.03. The van der Waals surface area contributed by atoms with Crippen molar-refractivity contribution in [2.45, 2.75) is 13.3 Å². The quantitative estimate of drug-likeness (QED) is 0.294. The Balaban J connectivity index is 2.08. The Bertz CT molecular complexity index is 1130. The molecule has 1 aliphatic rings. The molecule has 11 heteroatoms. The molecule has 1 aliphatic heterocycles. The highest BCUT2D eigenvalue weighted by molar-refractivity contribution is 6.40. The number of nitrogens with zero attached hydrogens (tertiary/aromatic N) is 2. The van der Waals surface area contributed by atoms with Gasteiger partial charge in [-0.3, -0.25) is 25.0 Å². The minimum absolute atomic E-state index is 0.0679. The van der Waals surface area contributed by atoms with Crippen LogP contribution in [0.15, 0.2) is 42.0 Å². The number of amides is 4. The van der Waals surface area contributed by atoms with E-state index in [0.29, 0.717) is 17.9 Å². The molecule has 0 aliphatic carbocycles. The normalized spacial score (nSPS) is 15.3. The van der Waals surface area contributed by atoms with Gasteiger partial charge in [-0.2, -0.15) is 0 Å². The highest BCUT2D eigenvalue weighted by Gasteiger charge is 2.37. The molecule has 0 atom stereocenters. The number of carbonyl (C=O) groups is 3. The molecule has 160 valence electrons. The van der Waals surface area contributed by atoms with Gasteiger partial charge in [0.1, 0.15) is 11.3 Å². The first kappa shape index (κ1) is 22.3. The van der Waals surface area contributed by atoms with E-state index in [0.717, 1.165) is 6.07 Å². The van der Waals surface area contributed by atoms with E-state index in [1.807, 2.05) is 6.92 Å². The van der Waals surface area contributed by atoms with Crippen molar-refractivity contribution >= 4 is 58.5 Å². The highest BCUT2D eigenvalue weighted by atomic mass is 35.5.